The van der Waals surface area contributed by atoms with Gasteiger partial charge in [-0.05, 0) is 32.9 Å². The molecule has 4 N–H and O–H groups in total. The Kier molecular flexibility index (Phi) is 3.63. The van der Waals surface area contributed by atoms with E-state index in [1.807, 2.05) is 13.0 Å². The van der Waals surface area contributed by atoms with Crippen molar-refractivity contribution in [2.24, 2.45) is 0 Å². The molecule has 0 fully saturated rings. The predicted octanol–water partition coefficient (Wildman–Crippen LogP) is 1.63. The van der Waals surface area contributed by atoms with Gasteiger partial charge in [-0.3, -0.25) is 9.78 Å². The molecule has 0 bridgehead atoms. The van der Waals surface area contributed by atoms with E-state index in [1.54, 1.807) is 32.0 Å². The maximum atomic E-state index is 12.4. The van der Waals surface area contributed by atoms with Crippen LogP contribution in [0.1, 0.15) is 29.9 Å². The van der Waals surface area contributed by atoms with Gasteiger partial charge >= 0.3 is 0 Å². The summed E-state index contributed by atoms with van der Waals surface area (Å²) in [4.78, 5) is 16.8. The van der Waals surface area contributed by atoms with Crippen LogP contribution in [-0.4, -0.2) is 28.1 Å². The van der Waals surface area contributed by atoms with Crippen LogP contribution in [0.25, 0.3) is 10.9 Å². The Labute approximate surface area is 117 Å². The molecule has 1 aromatic carbocycles. The Morgan fingerprint density at radius 2 is 2.15 bits per heavy atom. The smallest absolute Gasteiger partial charge is 0.252 e. The summed E-state index contributed by atoms with van der Waals surface area (Å²) in [5.41, 5.74) is 7.64. The van der Waals surface area contributed by atoms with Gasteiger partial charge in [-0.1, -0.05) is 12.1 Å². The van der Waals surface area contributed by atoms with Gasteiger partial charge in [-0.2, -0.15) is 0 Å². The van der Waals surface area contributed by atoms with Gasteiger partial charge in [0.2, 0.25) is 0 Å². The summed E-state index contributed by atoms with van der Waals surface area (Å²) >= 11 is 0. The second kappa shape index (κ2) is 5.09. The summed E-state index contributed by atoms with van der Waals surface area (Å²) in [6, 6.07) is 7.10. The molecule has 1 heterocycles. The number of carbonyl (C=O) groups is 1. The number of nitrogens with one attached hydrogen (secondary N) is 1. The first-order valence-electron chi connectivity index (χ1n) is 6.43. The summed E-state index contributed by atoms with van der Waals surface area (Å²) in [6.45, 7) is 5.20. The molecular formula is C15H19N3O2. The van der Waals surface area contributed by atoms with Gasteiger partial charge in [0, 0.05) is 11.1 Å². The average Bonchev–Trinajstić information content (AvgIpc) is 2.38. The van der Waals surface area contributed by atoms with Crippen molar-refractivity contribution in [2.45, 2.75) is 26.3 Å². The number of aliphatic hydroxyl groups excluding tert-OH is 1. The molecule has 0 aliphatic rings. The number of hydrogen-bond acceptors (Lipinski definition) is 4. The molecule has 5 nitrogen and oxygen atoms in total. The summed E-state index contributed by atoms with van der Waals surface area (Å²) in [5, 5.41) is 12.8. The van der Waals surface area contributed by atoms with Crippen molar-refractivity contribution >= 4 is 22.5 Å². The van der Waals surface area contributed by atoms with Crippen molar-refractivity contribution in [3.8, 4) is 0 Å². The third-order valence-electron chi connectivity index (χ3n) is 3.09. The third kappa shape index (κ3) is 2.72. The minimum absolute atomic E-state index is 0.136. The Balaban J connectivity index is 2.54. The van der Waals surface area contributed by atoms with Crippen molar-refractivity contribution < 1.29 is 9.90 Å². The molecule has 0 aliphatic carbocycles. The SMILES string of the molecule is Cc1cc(C(=O)NC(C)(C)CO)c2cccc(N)c2n1. The molecule has 0 saturated heterocycles. The van der Waals surface area contributed by atoms with E-state index in [0.29, 0.717) is 22.2 Å². The lowest BCUT2D eigenvalue weighted by molar-refractivity contribution is 0.0871. The van der Waals surface area contributed by atoms with E-state index in [1.165, 1.54) is 0 Å². The predicted molar refractivity (Wildman–Crippen MR) is 79.5 cm³/mol. The fraction of sp³-hybridized carbons (Fsp3) is 0.333. The van der Waals surface area contributed by atoms with Crippen molar-refractivity contribution in [2.75, 3.05) is 12.3 Å². The van der Waals surface area contributed by atoms with Crippen LogP contribution in [0.2, 0.25) is 0 Å². The monoisotopic (exact) mass is 273 g/mol. The molecule has 20 heavy (non-hydrogen) atoms. The number of aliphatic hydroxyl groups is 1. The average molecular weight is 273 g/mol. The van der Waals surface area contributed by atoms with E-state index >= 15 is 0 Å². The number of pyridine rings is 1. The highest BCUT2D eigenvalue weighted by Crippen LogP contribution is 2.23. The zero-order valence-corrected chi connectivity index (χ0v) is 11.9. The van der Waals surface area contributed by atoms with Crippen LogP contribution in [0.15, 0.2) is 24.3 Å². The maximum Gasteiger partial charge on any atom is 0.252 e. The van der Waals surface area contributed by atoms with E-state index < -0.39 is 5.54 Å². The molecule has 1 aromatic heterocycles. The highest BCUT2D eigenvalue weighted by molar-refractivity contribution is 6.08. The van der Waals surface area contributed by atoms with E-state index in [2.05, 4.69) is 10.3 Å². The number of aryl methyl sites for hydroxylation is 1. The number of nitrogens with zero attached hydrogens (tertiary/aromatic N) is 1. The normalized spacial score (nSPS) is 11.6. The van der Waals surface area contributed by atoms with Crippen LogP contribution in [0.3, 0.4) is 0 Å². The summed E-state index contributed by atoms with van der Waals surface area (Å²) in [7, 11) is 0. The molecule has 0 spiro atoms. The molecule has 0 atom stereocenters. The number of amides is 1. The fourth-order valence-corrected chi connectivity index (χ4v) is 2.00. The number of nitrogen functional groups attached to an aromatic ring is 1. The molecule has 0 unspecified atom stereocenters. The number of hydrogen-bond donors (Lipinski definition) is 3. The van der Waals surface area contributed by atoms with E-state index in [4.69, 9.17) is 5.73 Å². The highest BCUT2D eigenvalue weighted by Gasteiger charge is 2.22. The number of carbonyl (C=O) groups excluding carboxylic acids is 1. The first-order chi connectivity index (χ1) is 9.34. The topological polar surface area (TPSA) is 88.2 Å². The second-order valence-corrected chi connectivity index (χ2v) is 5.55. The van der Waals surface area contributed by atoms with Crippen LogP contribution in [-0.2, 0) is 0 Å². The number of rotatable bonds is 3. The molecule has 0 saturated carbocycles. The Morgan fingerprint density at radius 3 is 2.80 bits per heavy atom. The molecular weight excluding hydrogens is 254 g/mol. The van der Waals surface area contributed by atoms with E-state index in [9.17, 15) is 9.90 Å². The maximum absolute atomic E-state index is 12.4. The first-order valence-corrected chi connectivity index (χ1v) is 6.43. The van der Waals surface area contributed by atoms with Crippen LogP contribution in [0.4, 0.5) is 5.69 Å². The Hall–Kier alpha value is -2.14. The minimum Gasteiger partial charge on any atom is -0.397 e. The number of benzene rings is 1. The number of fused-ring (bicyclic) bond motifs is 1. The fourth-order valence-electron chi connectivity index (χ4n) is 2.00. The van der Waals surface area contributed by atoms with Crippen molar-refractivity contribution in [3.05, 3.63) is 35.5 Å². The van der Waals surface area contributed by atoms with E-state index in [-0.39, 0.29) is 12.5 Å². The molecule has 2 rings (SSSR count). The Morgan fingerprint density at radius 1 is 1.45 bits per heavy atom. The molecule has 0 aliphatic heterocycles. The van der Waals surface area contributed by atoms with Gasteiger partial charge in [0.1, 0.15) is 0 Å². The zero-order valence-electron chi connectivity index (χ0n) is 11.9. The van der Waals surface area contributed by atoms with Gasteiger partial charge in [-0.25, -0.2) is 0 Å². The number of anilines is 1. The number of nitrogens with two attached hydrogens (primary N) is 1. The molecule has 1 amide bonds. The van der Waals surface area contributed by atoms with Crippen LogP contribution < -0.4 is 11.1 Å². The molecule has 106 valence electrons. The van der Waals surface area contributed by atoms with Crippen LogP contribution >= 0.6 is 0 Å². The zero-order chi connectivity index (χ0) is 14.9. The van der Waals surface area contributed by atoms with Crippen LogP contribution in [0.5, 0.6) is 0 Å². The van der Waals surface area contributed by atoms with Crippen molar-refractivity contribution in [3.63, 3.8) is 0 Å². The molecule has 0 radical (unpaired) electrons. The third-order valence-corrected chi connectivity index (χ3v) is 3.09. The summed E-state index contributed by atoms with van der Waals surface area (Å²) < 4.78 is 0. The van der Waals surface area contributed by atoms with Gasteiger partial charge in [0.25, 0.3) is 5.91 Å². The minimum atomic E-state index is -0.680. The lowest BCUT2D eigenvalue weighted by atomic mass is 10.0. The highest BCUT2D eigenvalue weighted by atomic mass is 16.3. The summed E-state index contributed by atoms with van der Waals surface area (Å²) in [5.74, 6) is -0.245. The summed E-state index contributed by atoms with van der Waals surface area (Å²) in [6.07, 6.45) is 0. The lowest BCUT2D eigenvalue weighted by Crippen LogP contribution is -2.46. The van der Waals surface area contributed by atoms with Gasteiger partial charge < -0.3 is 16.2 Å². The number of aromatic nitrogens is 1. The number of para-hydroxylation sites is 1. The molecule has 5 heteroatoms. The quantitative estimate of drug-likeness (QED) is 0.742. The van der Waals surface area contributed by atoms with E-state index in [0.717, 1.165) is 5.69 Å². The lowest BCUT2D eigenvalue weighted by Gasteiger charge is -2.24. The molecule has 2 aromatic rings. The van der Waals surface area contributed by atoms with Gasteiger partial charge in [0.15, 0.2) is 0 Å². The Bertz CT molecular complexity index is 665. The largest absolute Gasteiger partial charge is 0.397 e. The van der Waals surface area contributed by atoms with Crippen LogP contribution in [0, 0.1) is 6.92 Å². The first kappa shape index (κ1) is 14.3. The van der Waals surface area contributed by atoms with Gasteiger partial charge in [-0.15, -0.1) is 0 Å². The standard InChI is InChI=1S/C15H19N3O2/c1-9-7-11(14(20)18-15(2,3)8-19)10-5-4-6-12(16)13(10)17-9/h4-7,19H,8,16H2,1-3H3,(H,18,20). The van der Waals surface area contributed by atoms with Crippen molar-refractivity contribution in [1.82, 2.24) is 10.3 Å². The van der Waals surface area contributed by atoms with Crippen molar-refractivity contribution in [1.29, 1.82) is 0 Å². The second-order valence-electron chi connectivity index (χ2n) is 5.55. The van der Waals surface area contributed by atoms with Gasteiger partial charge in [0.05, 0.1) is 28.9 Å².